The second-order valence-electron chi connectivity index (χ2n) is 3.91. The summed E-state index contributed by atoms with van der Waals surface area (Å²) in [6, 6.07) is 6.24. The van der Waals surface area contributed by atoms with Crippen LogP contribution in [-0.4, -0.2) is 12.0 Å². The van der Waals surface area contributed by atoms with Crippen LogP contribution in [0.15, 0.2) is 23.1 Å². The molecule has 1 aromatic carbocycles. The van der Waals surface area contributed by atoms with Crippen LogP contribution in [0.1, 0.15) is 19.4 Å². The molecular formula is C11H15NO2S. The Morgan fingerprint density at radius 1 is 1.47 bits per heavy atom. The van der Waals surface area contributed by atoms with Gasteiger partial charge in [0.2, 0.25) is 0 Å². The van der Waals surface area contributed by atoms with Crippen molar-refractivity contribution in [3.8, 4) is 5.75 Å². The molecule has 0 unspecified atom stereocenters. The standard InChI is InChI=1S/C11H15NO2S/c1-11(2)14-9-6-8(7-12-13-3)4-5-10(9)15-11/h4-6,12H,7H2,1-3H3. The third-order valence-electron chi connectivity index (χ3n) is 2.14. The second kappa shape index (κ2) is 4.04. The Morgan fingerprint density at radius 2 is 2.27 bits per heavy atom. The fourth-order valence-electron chi connectivity index (χ4n) is 1.53. The zero-order chi connectivity index (χ0) is 10.9. The average molecular weight is 225 g/mol. The number of hydroxylamine groups is 1. The van der Waals surface area contributed by atoms with E-state index < -0.39 is 0 Å². The minimum atomic E-state index is -0.143. The maximum atomic E-state index is 5.81. The van der Waals surface area contributed by atoms with Crippen molar-refractivity contribution < 1.29 is 9.57 Å². The lowest BCUT2D eigenvalue weighted by Gasteiger charge is -2.15. The monoisotopic (exact) mass is 225 g/mol. The summed E-state index contributed by atoms with van der Waals surface area (Å²) in [5.41, 5.74) is 3.98. The summed E-state index contributed by atoms with van der Waals surface area (Å²) in [6.45, 7) is 4.84. The summed E-state index contributed by atoms with van der Waals surface area (Å²) in [6.07, 6.45) is 0. The van der Waals surface area contributed by atoms with E-state index in [9.17, 15) is 0 Å². The third kappa shape index (κ3) is 2.45. The van der Waals surface area contributed by atoms with Crippen LogP contribution >= 0.6 is 11.8 Å². The summed E-state index contributed by atoms with van der Waals surface area (Å²) < 4.78 is 5.81. The van der Waals surface area contributed by atoms with Gasteiger partial charge in [-0.15, -0.1) is 0 Å². The van der Waals surface area contributed by atoms with Crippen molar-refractivity contribution in [3.63, 3.8) is 0 Å². The van der Waals surface area contributed by atoms with Crippen LogP contribution < -0.4 is 10.2 Å². The number of fused-ring (bicyclic) bond motifs is 1. The van der Waals surface area contributed by atoms with E-state index in [2.05, 4.69) is 37.5 Å². The minimum absolute atomic E-state index is 0.143. The SMILES string of the molecule is CONCc1ccc2c(c1)OC(C)(C)S2. The Labute approximate surface area is 94.1 Å². The Balaban J connectivity index is 2.15. The van der Waals surface area contributed by atoms with Gasteiger partial charge >= 0.3 is 0 Å². The smallest absolute Gasteiger partial charge is 0.153 e. The first-order valence-corrected chi connectivity index (χ1v) is 5.69. The molecule has 0 fully saturated rings. The van der Waals surface area contributed by atoms with E-state index in [1.165, 1.54) is 4.90 Å². The van der Waals surface area contributed by atoms with Crippen LogP contribution in [-0.2, 0) is 11.4 Å². The fourth-order valence-corrected chi connectivity index (χ4v) is 2.53. The molecular weight excluding hydrogens is 210 g/mol. The van der Waals surface area contributed by atoms with Gasteiger partial charge in [-0.2, -0.15) is 5.48 Å². The van der Waals surface area contributed by atoms with Crippen molar-refractivity contribution in [1.82, 2.24) is 5.48 Å². The highest BCUT2D eigenvalue weighted by atomic mass is 32.2. The Hall–Kier alpha value is -0.710. The van der Waals surface area contributed by atoms with Crippen LogP contribution in [0.25, 0.3) is 0 Å². The van der Waals surface area contributed by atoms with E-state index in [4.69, 9.17) is 9.57 Å². The molecule has 4 heteroatoms. The molecule has 0 saturated heterocycles. The molecule has 0 aromatic heterocycles. The van der Waals surface area contributed by atoms with E-state index in [1.54, 1.807) is 18.9 Å². The molecule has 15 heavy (non-hydrogen) atoms. The lowest BCUT2D eigenvalue weighted by atomic mass is 10.2. The van der Waals surface area contributed by atoms with Gasteiger partial charge in [0, 0.05) is 6.54 Å². The zero-order valence-electron chi connectivity index (χ0n) is 9.16. The molecule has 1 aliphatic heterocycles. The lowest BCUT2D eigenvalue weighted by Crippen LogP contribution is -2.18. The number of hydrogen-bond acceptors (Lipinski definition) is 4. The summed E-state index contributed by atoms with van der Waals surface area (Å²) in [4.78, 5) is 5.88. The van der Waals surface area contributed by atoms with Crippen molar-refractivity contribution in [3.05, 3.63) is 23.8 Å². The fraction of sp³-hybridized carbons (Fsp3) is 0.455. The van der Waals surface area contributed by atoms with Crippen LogP contribution in [0.5, 0.6) is 5.75 Å². The van der Waals surface area contributed by atoms with Gasteiger partial charge in [-0.05, 0) is 31.5 Å². The molecule has 1 aliphatic rings. The molecule has 1 N–H and O–H groups in total. The summed E-state index contributed by atoms with van der Waals surface area (Å²) in [7, 11) is 1.61. The van der Waals surface area contributed by atoms with Crippen molar-refractivity contribution in [2.24, 2.45) is 0 Å². The number of hydrogen-bond donors (Lipinski definition) is 1. The van der Waals surface area contributed by atoms with E-state index >= 15 is 0 Å². The van der Waals surface area contributed by atoms with Gasteiger partial charge in [-0.25, -0.2) is 0 Å². The van der Waals surface area contributed by atoms with Gasteiger partial charge in [0.25, 0.3) is 0 Å². The van der Waals surface area contributed by atoms with Gasteiger partial charge in [-0.3, -0.25) is 0 Å². The Kier molecular flexibility index (Phi) is 2.91. The molecule has 0 spiro atoms. The van der Waals surface area contributed by atoms with Gasteiger partial charge < -0.3 is 9.57 Å². The van der Waals surface area contributed by atoms with Crippen LogP contribution in [0.4, 0.5) is 0 Å². The Morgan fingerprint density at radius 3 is 3.00 bits per heavy atom. The normalized spacial score (nSPS) is 17.3. The molecule has 0 saturated carbocycles. The maximum Gasteiger partial charge on any atom is 0.153 e. The lowest BCUT2D eigenvalue weighted by molar-refractivity contribution is 0.0866. The summed E-state index contributed by atoms with van der Waals surface area (Å²) >= 11 is 1.75. The topological polar surface area (TPSA) is 30.5 Å². The molecule has 0 amide bonds. The van der Waals surface area contributed by atoms with Gasteiger partial charge in [0.05, 0.1) is 12.0 Å². The van der Waals surface area contributed by atoms with E-state index in [0.717, 1.165) is 11.3 Å². The zero-order valence-corrected chi connectivity index (χ0v) is 9.98. The average Bonchev–Trinajstić information content (AvgIpc) is 2.47. The second-order valence-corrected chi connectivity index (χ2v) is 5.54. The van der Waals surface area contributed by atoms with E-state index in [-0.39, 0.29) is 4.93 Å². The first-order valence-electron chi connectivity index (χ1n) is 4.87. The molecule has 2 rings (SSSR count). The highest BCUT2D eigenvalue weighted by Crippen LogP contribution is 2.47. The molecule has 0 radical (unpaired) electrons. The first-order chi connectivity index (χ1) is 7.11. The first kappa shape index (κ1) is 10.8. The van der Waals surface area contributed by atoms with Gasteiger partial charge in [0.1, 0.15) is 5.75 Å². The molecule has 1 heterocycles. The van der Waals surface area contributed by atoms with Crippen molar-refractivity contribution in [2.75, 3.05) is 7.11 Å². The predicted molar refractivity (Wildman–Crippen MR) is 60.9 cm³/mol. The molecule has 1 aromatic rings. The van der Waals surface area contributed by atoms with Crippen LogP contribution in [0, 0.1) is 0 Å². The largest absolute Gasteiger partial charge is 0.476 e. The number of ether oxygens (including phenoxy) is 1. The predicted octanol–water partition coefficient (Wildman–Crippen LogP) is 2.56. The van der Waals surface area contributed by atoms with Crippen molar-refractivity contribution in [2.45, 2.75) is 30.2 Å². The molecule has 0 atom stereocenters. The number of nitrogens with one attached hydrogen (secondary N) is 1. The number of rotatable bonds is 3. The van der Waals surface area contributed by atoms with Crippen LogP contribution in [0.2, 0.25) is 0 Å². The summed E-state index contributed by atoms with van der Waals surface area (Å²) in [5.74, 6) is 0.973. The number of thioether (sulfide) groups is 1. The summed E-state index contributed by atoms with van der Waals surface area (Å²) in [5, 5.41) is 0. The highest BCUT2D eigenvalue weighted by molar-refractivity contribution is 8.00. The van der Waals surface area contributed by atoms with Crippen LogP contribution in [0.3, 0.4) is 0 Å². The van der Waals surface area contributed by atoms with Gasteiger partial charge in [0.15, 0.2) is 4.93 Å². The Bertz CT molecular complexity index is 366. The molecule has 0 aliphatic carbocycles. The van der Waals surface area contributed by atoms with E-state index in [0.29, 0.717) is 6.54 Å². The van der Waals surface area contributed by atoms with Gasteiger partial charge in [-0.1, -0.05) is 17.8 Å². The minimum Gasteiger partial charge on any atom is -0.476 e. The maximum absolute atomic E-state index is 5.81. The molecule has 82 valence electrons. The quantitative estimate of drug-likeness (QED) is 0.801. The van der Waals surface area contributed by atoms with Crippen molar-refractivity contribution in [1.29, 1.82) is 0 Å². The molecule has 0 bridgehead atoms. The highest BCUT2D eigenvalue weighted by Gasteiger charge is 2.30. The molecule has 3 nitrogen and oxygen atoms in total. The van der Waals surface area contributed by atoms with E-state index in [1.807, 2.05) is 0 Å². The van der Waals surface area contributed by atoms with Crippen molar-refractivity contribution >= 4 is 11.8 Å². The third-order valence-corrected chi connectivity index (χ3v) is 3.27. The number of benzene rings is 1.